The molecule has 1 aromatic heterocycles. The van der Waals surface area contributed by atoms with Gasteiger partial charge in [0.2, 0.25) is 0 Å². The number of rotatable bonds is 4. The van der Waals surface area contributed by atoms with Crippen molar-refractivity contribution in [1.82, 2.24) is 10.1 Å². The first-order chi connectivity index (χ1) is 9.15. The van der Waals surface area contributed by atoms with Gasteiger partial charge >= 0.3 is 5.97 Å². The molecular formula is C12H16N2O5. The van der Waals surface area contributed by atoms with E-state index in [4.69, 9.17) is 9.26 Å². The first-order valence-corrected chi connectivity index (χ1v) is 5.97. The van der Waals surface area contributed by atoms with Crippen LogP contribution in [0.5, 0.6) is 0 Å². The zero-order valence-electron chi connectivity index (χ0n) is 10.9. The fraction of sp³-hybridized carbons (Fsp3) is 0.583. The maximum Gasteiger partial charge on any atom is 0.310 e. The summed E-state index contributed by atoms with van der Waals surface area (Å²) in [5.41, 5.74) is 0.234. The van der Waals surface area contributed by atoms with Gasteiger partial charge in [0, 0.05) is 26.3 Å². The summed E-state index contributed by atoms with van der Waals surface area (Å²) in [6.45, 7) is 1.15. The number of likely N-dealkylation sites (tertiary alicyclic amines) is 1. The molecule has 1 unspecified atom stereocenters. The topological polar surface area (TPSA) is 81.9 Å². The molecular weight excluding hydrogens is 252 g/mol. The molecule has 7 nitrogen and oxygen atoms in total. The molecule has 0 radical (unpaired) electrons. The number of aromatic nitrogens is 1. The van der Waals surface area contributed by atoms with Crippen LogP contribution in [0.15, 0.2) is 10.6 Å². The summed E-state index contributed by atoms with van der Waals surface area (Å²) >= 11 is 0. The number of carbonyl (C=O) groups is 2. The standard InChI is InChI=1S/C12H16N2O5/c1-17-7-9-5-10(13-19-9)11(15)14-4-3-8(6-14)12(16)18-2/h5,8H,3-4,6-7H2,1-2H3. The van der Waals surface area contributed by atoms with E-state index in [1.54, 1.807) is 11.0 Å². The first-order valence-electron chi connectivity index (χ1n) is 5.97. The minimum atomic E-state index is -0.282. The van der Waals surface area contributed by atoms with Crippen LogP contribution in [0.25, 0.3) is 0 Å². The predicted octanol–water partition coefficient (Wildman–Crippen LogP) is 0.456. The monoisotopic (exact) mass is 268 g/mol. The van der Waals surface area contributed by atoms with E-state index in [9.17, 15) is 9.59 Å². The third-order valence-corrected chi connectivity index (χ3v) is 3.07. The number of ether oxygens (including phenoxy) is 2. The lowest BCUT2D eigenvalue weighted by atomic mass is 10.1. The molecule has 1 amide bonds. The Morgan fingerprint density at radius 2 is 2.32 bits per heavy atom. The summed E-state index contributed by atoms with van der Waals surface area (Å²) in [4.78, 5) is 25.1. The maximum absolute atomic E-state index is 12.1. The van der Waals surface area contributed by atoms with Gasteiger partial charge in [-0.3, -0.25) is 9.59 Å². The van der Waals surface area contributed by atoms with E-state index in [1.165, 1.54) is 14.2 Å². The van der Waals surface area contributed by atoms with Crippen molar-refractivity contribution in [3.05, 3.63) is 17.5 Å². The van der Waals surface area contributed by atoms with Crippen molar-refractivity contribution >= 4 is 11.9 Å². The maximum atomic E-state index is 12.1. The van der Waals surface area contributed by atoms with Gasteiger partial charge in [-0.1, -0.05) is 5.16 Å². The highest BCUT2D eigenvalue weighted by Gasteiger charge is 2.33. The molecule has 2 heterocycles. The zero-order valence-corrected chi connectivity index (χ0v) is 10.9. The number of hydrogen-bond donors (Lipinski definition) is 0. The van der Waals surface area contributed by atoms with Crippen LogP contribution < -0.4 is 0 Å². The Morgan fingerprint density at radius 1 is 1.53 bits per heavy atom. The third kappa shape index (κ3) is 2.93. The molecule has 0 saturated carbocycles. The summed E-state index contributed by atoms with van der Waals surface area (Å²) in [6.07, 6.45) is 0.612. The lowest BCUT2D eigenvalue weighted by Crippen LogP contribution is -2.30. The molecule has 1 aliphatic heterocycles. The number of esters is 1. The Bertz CT molecular complexity index is 470. The summed E-state index contributed by atoms with van der Waals surface area (Å²) in [5.74, 6) is -0.276. The number of amides is 1. The second-order valence-electron chi connectivity index (χ2n) is 4.37. The molecule has 1 aromatic rings. The van der Waals surface area contributed by atoms with Crippen LogP contribution in [0, 0.1) is 5.92 Å². The average molecular weight is 268 g/mol. The van der Waals surface area contributed by atoms with E-state index in [-0.39, 0.29) is 30.1 Å². The Balaban J connectivity index is 1.98. The Hall–Kier alpha value is -1.89. The number of carbonyl (C=O) groups excluding carboxylic acids is 2. The highest BCUT2D eigenvalue weighted by molar-refractivity contribution is 5.93. The third-order valence-electron chi connectivity index (χ3n) is 3.07. The van der Waals surface area contributed by atoms with Crippen molar-refractivity contribution in [2.24, 2.45) is 5.92 Å². The van der Waals surface area contributed by atoms with E-state index in [0.29, 0.717) is 25.3 Å². The van der Waals surface area contributed by atoms with Gasteiger partial charge in [-0.25, -0.2) is 0 Å². The van der Waals surface area contributed by atoms with E-state index in [2.05, 4.69) is 9.89 Å². The van der Waals surface area contributed by atoms with Crippen molar-refractivity contribution in [2.45, 2.75) is 13.0 Å². The molecule has 0 bridgehead atoms. The van der Waals surface area contributed by atoms with Crippen LogP contribution in [0.4, 0.5) is 0 Å². The second kappa shape index (κ2) is 5.83. The van der Waals surface area contributed by atoms with Gasteiger partial charge in [0.1, 0.15) is 6.61 Å². The lowest BCUT2D eigenvalue weighted by Gasteiger charge is -2.13. The van der Waals surface area contributed by atoms with Gasteiger partial charge < -0.3 is 18.9 Å². The van der Waals surface area contributed by atoms with E-state index < -0.39 is 0 Å². The fourth-order valence-electron chi connectivity index (χ4n) is 2.09. The molecule has 1 fully saturated rings. The summed E-state index contributed by atoms with van der Waals surface area (Å²) in [7, 11) is 2.88. The molecule has 19 heavy (non-hydrogen) atoms. The highest BCUT2D eigenvalue weighted by atomic mass is 16.5. The van der Waals surface area contributed by atoms with Crippen LogP contribution in [-0.2, 0) is 20.9 Å². The molecule has 1 aliphatic rings. The van der Waals surface area contributed by atoms with Crippen LogP contribution in [0.2, 0.25) is 0 Å². The Labute approximate surface area is 110 Å². The molecule has 1 saturated heterocycles. The van der Waals surface area contributed by atoms with E-state index >= 15 is 0 Å². The van der Waals surface area contributed by atoms with E-state index in [1.807, 2.05) is 0 Å². The predicted molar refractivity (Wildman–Crippen MR) is 63.2 cm³/mol. The summed E-state index contributed by atoms with van der Waals surface area (Å²) in [6, 6.07) is 1.55. The minimum Gasteiger partial charge on any atom is -0.469 e. The van der Waals surface area contributed by atoms with Gasteiger partial charge in [-0.05, 0) is 6.42 Å². The molecule has 0 aromatic carbocycles. The van der Waals surface area contributed by atoms with Gasteiger partial charge in [0.05, 0.1) is 13.0 Å². The zero-order chi connectivity index (χ0) is 13.8. The Morgan fingerprint density at radius 3 is 3.00 bits per heavy atom. The molecule has 0 aliphatic carbocycles. The van der Waals surface area contributed by atoms with E-state index in [0.717, 1.165) is 0 Å². The Kier molecular flexibility index (Phi) is 4.16. The van der Waals surface area contributed by atoms with Gasteiger partial charge in [-0.2, -0.15) is 0 Å². The average Bonchev–Trinajstić information content (AvgIpc) is 3.06. The molecule has 0 spiro atoms. The molecule has 1 atom stereocenters. The van der Waals surface area contributed by atoms with Crippen molar-refractivity contribution in [2.75, 3.05) is 27.3 Å². The first kappa shape index (κ1) is 13.5. The number of methoxy groups -OCH3 is 2. The quantitative estimate of drug-likeness (QED) is 0.738. The van der Waals surface area contributed by atoms with Crippen molar-refractivity contribution in [1.29, 1.82) is 0 Å². The van der Waals surface area contributed by atoms with Gasteiger partial charge in [0.25, 0.3) is 5.91 Å². The normalized spacial score (nSPS) is 18.6. The van der Waals surface area contributed by atoms with Crippen molar-refractivity contribution in [3.63, 3.8) is 0 Å². The van der Waals surface area contributed by atoms with Crippen molar-refractivity contribution < 1.29 is 23.6 Å². The molecule has 0 N–H and O–H groups in total. The lowest BCUT2D eigenvalue weighted by molar-refractivity contribution is -0.144. The van der Waals surface area contributed by atoms with Crippen LogP contribution in [-0.4, -0.2) is 49.2 Å². The summed E-state index contributed by atoms with van der Waals surface area (Å²) < 4.78 is 14.5. The largest absolute Gasteiger partial charge is 0.469 e. The molecule has 2 rings (SSSR count). The van der Waals surface area contributed by atoms with Crippen LogP contribution in [0.3, 0.4) is 0 Å². The highest BCUT2D eigenvalue weighted by Crippen LogP contribution is 2.19. The smallest absolute Gasteiger partial charge is 0.310 e. The second-order valence-corrected chi connectivity index (χ2v) is 4.37. The van der Waals surface area contributed by atoms with Gasteiger partial charge in [0.15, 0.2) is 11.5 Å². The van der Waals surface area contributed by atoms with Crippen LogP contribution in [0.1, 0.15) is 22.7 Å². The molecule has 7 heteroatoms. The SMILES string of the molecule is COCc1cc(C(=O)N2CCC(C(=O)OC)C2)no1. The van der Waals surface area contributed by atoms with Crippen molar-refractivity contribution in [3.8, 4) is 0 Å². The van der Waals surface area contributed by atoms with Gasteiger partial charge in [-0.15, -0.1) is 0 Å². The molecule has 104 valence electrons. The van der Waals surface area contributed by atoms with Crippen LogP contribution >= 0.6 is 0 Å². The fourth-order valence-corrected chi connectivity index (χ4v) is 2.09. The summed E-state index contributed by atoms with van der Waals surface area (Å²) in [5, 5.41) is 3.71. The minimum absolute atomic E-state index is 0.234. The number of nitrogens with zero attached hydrogens (tertiary/aromatic N) is 2. The number of hydrogen-bond acceptors (Lipinski definition) is 6.